The molecule has 0 heterocycles. The summed E-state index contributed by atoms with van der Waals surface area (Å²) in [5, 5.41) is 2.85. The van der Waals surface area contributed by atoms with Gasteiger partial charge in [0.15, 0.2) is 0 Å². The second-order valence-corrected chi connectivity index (χ2v) is 3.52. The molecule has 0 aliphatic heterocycles. The lowest BCUT2D eigenvalue weighted by molar-refractivity contribution is -0.117. The molecule has 0 fully saturated rings. The summed E-state index contributed by atoms with van der Waals surface area (Å²) in [5.41, 5.74) is 1.77. The highest BCUT2D eigenvalue weighted by Gasteiger charge is 2.04. The highest BCUT2D eigenvalue weighted by atomic mass is 16.1. The minimum absolute atomic E-state index is 0.0410. The summed E-state index contributed by atoms with van der Waals surface area (Å²) in [6.07, 6.45) is 1.72. The van der Waals surface area contributed by atoms with Crippen LogP contribution in [0.5, 0.6) is 0 Å². The third-order valence-corrected chi connectivity index (χ3v) is 2.17. The summed E-state index contributed by atoms with van der Waals surface area (Å²) in [5.74, 6) is -0.0410. The fourth-order valence-electron chi connectivity index (χ4n) is 1.32. The van der Waals surface area contributed by atoms with Crippen LogP contribution in [0.1, 0.15) is 25.3 Å². The molecule has 0 aliphatic rings. The number of carbonyl (C=O) groups excluding carboxylic acids is 1. The van der Waals surface area contributed by atoms with Gasteiger partial charge in [-0.05, 0) is 12.0 Å². The summed E-state index contributed by atoms with van der Waals surface area (Å²) in [4.78, 5) is 11.5. The maximum atomic E-state index is 11.5. The van der Waals surface area contributed by atoms with Crippen LogP contribution in [-0.2, 0) is 11.3 Å². The summed E-state index contributed by atoms with van der Waals surface area (Å²) in [6.45, 7) is 6.35. The molecule has 0 aliphatic carbocycles. The van der Waals surface area contributed by atoms with Gasteiger partial charge >= 0.3 is 0 Å². The Morgan fingerprint density at radius 1 is 1.33 bits per heavy atom. The Kier molecular flexibility index (Phi) is 4.61. The summed E-state index contributed by atoms with van der Waals surface area (Å²) < 4.78 is 0. The average Bonchev–Trinajstić information content (AvgIpc) is 2.27. The van der Waals surface area contributed by atoms with Gasteiger partial charge in [0.05, 0.1) is 0 Å². The number of benzene rings is 1. The fourth-order valence-corrected chi connectivity index (χ4v) is 1.32. The van der Waals surface area contributed by atoms with Gasteiger partial charge in [0.1, 0.15) is 0 Å². The van der Waals surface area contributed by atoms with E-state index in [9.17, 15) is 4.79 Å². The lowest BCUT2D eigenvalue weighted by atomic mass is 10.1. The normalized spacial score (nSPS) is 9.67. The predicted octanol–water partition coefficient (Wildman–Crippen LogP) is 2.66. The molecule has 0 atom stereocenters. The van der Waals surface area contributed by atoms with E-state index in [1.807, 2.05) is 37.3 Å². The molecule has 0 saturated heterocycles. The number of rotatable bonds is 5. The number of amides is 1. The third-order valence-electron chi connectivity index (χ3n) is 2.17. The van der Waals surface area contributed by atoms with Gasteiger partial charge in [-0.15, -0.1) is 0 Å². The molecule has 2 nitrogen and oxygen atoms in total. The minimum atomic E-state index is -0.0410. The molecule has 0 bridgehead atoms. The van der Waals surface area contributed by atoms with Crippen molar-refractivity contribution >= 4 is 5.91 Å². The first-order valence-electron chi connectivity index (χ1n) is 5.24. The molecule has 0 aromatic heterocycles. The van der Waals surface area contributed by atoms with E-state index >= 15 is 0 Å². The summed E-state index contributed by atoms with van der Waals surface area (Å²) in [7, 11) is 0. The van der Waals surface area contributed by atoms with Crippen molar-refractivity contribution < 1.29 is 4.79 Å². The Bertz CT molecular complexity index is 330. The van der Waals surface area contributed by atoms with Gasteiger partial charge in [-0.1, -0.05) is 50.3 Å². The largest absolute Gasteiger partial charge is 0.348 e. The Morgan fingerprint density at radius 2 is 2.00 bits per heavy atom. The predicted molar refractivity (Wildman–Crippen MR) is 62.3 cm³/mol. The molecule has 0 radical (unpaired) electrons. The molecule has 2 heteroatoms. The van der Waals surface area contributed by atoms with Crippen LogP contribution in [-0.4, -0.2) is 5.91 Å². The van der Waals surface area contributed by atoms with Crippen LogP contribution in [0.25, 0.3) is 0 Å². The van der Waals surface area contributed by atoms with Crippen LogP contribution in [0.3, 0.4) is 0 Å². The van der Waals surface area contributed by atoms with Gasteiger partial charge < -0.3 is 5.32 Å². The van der Waals surface area contributed by atoms with E-state index in [1.165, 1.54) is 0 Å². The third kappa shape index (κ3) is 3.98. The van der Waals surface area contributed by atoms with Crippen molar-refractivity contribution in [3.05, 3.63) is 48.0 Å². The molecule has 1 amide bonds. The molecule has 0 unspecified atom stereocenters. The first kappa shape index (κ1) is 11.5. The van der Waals surface area contributed by atoms with Gasteiger partial charge in [-0.25, -0.2) is 0 Å². The summed E-state index contributed by atoms with van der Waals surface area (Å²) in [6, 6.07) is 9.86. The highest BCUT2D eigenvalue weighted by Crippen LogP contribution is 2.02. The molecule has 0 spiro atoms. The van der Waals surface area contributed by atoms with Crippen LogP contribution in [0.2, 0.25) is 0 Å². The van der Waals surface area contributed by atoms with Crippen molar-refractivity contribution in [1.29, 1.82) is 0 Å². The number of nitrogens with one attached hydrogen (secondary N) is 1. The number of hydrogen-bond acceptors (Lipinski definition) is 1. The monoisotopic (exact) mass is 203 g/mol. The van der Waals surface area contributed by atoms with E-state index in [0.29, 0.717) is 12.1 Å². The van der Waals surface area contributed by atoms with Crippen molar-refractivity contribution in [2.75, 3.05) is 0 Å². The van der Waals surface area contributed by atoms with Crippen molar-refractivity contribution in [2.45, 2.75) is 26.3 Å². The Labute approximate surface area is 91.0 Å². The van der Waals surface area contributed by atoms with Gasteiger partial charge in [0.2, 0.25) is 5.91 Å². The van der Waals surface area contributed by atoms with Gasteiger partial charge in [0.25, 0.3) is 0 Å². The lowest BCUT2D eigenvalue weighted by Crippen LogP contribution is -2.23. The number of hydrogen-bond donors (Lipinski definition) is 1. The maximum Gasteiger partial charge on any atom is 0.246 e. The van der Waals surface area contributed by atoms with Crippen LogP contribution < -0.4 is 5.32 Å². The topological polar surface area (TPSA) is 29.1 Å². The maximum absolute atomic E-state index is 11.5. The lowest BCUT2D eigenvalue weighted by Gasteiger charge is -2.06. The van der Waals surface area contributed by atoms with Crippen LogP contribution in [0.4, 0.5) is 0 Å². The van der Waals surface area contributed by atoms with Gasteiger partial charge in [0, 0.05) is 12.1 Å². The average molecular weight is 203 g/mol. The van der Waals surface area contributed by atoms with Crippen LogP contribution in [0, 0.1) is 0 Å². The van der Waals surface area contributed by atoms with E-state index in [-0.39, 0.29) is 5.91 Å². The number of carbonyl (C=O) groups is 1. The SMILES string of the molecule is C=C(CCC)C(=O)NCc1ccccc1. The standard InChI is InChI=1S/C13H17NO/c1-3-7-11(2)13(15)14-10-12-8-5-4-6-9-12/h4-6,8-9H,2-3,7,10H2,1H3,(H,14,15). The summed E-state index contributed by atoms with van der Waals surface area (Å²) >= 11 is 0. The van der Waals surface area contributed by atoms with E-state index < -0.39 is 0 Å². The second kappa shape index (κ2) is 6.02. The zero-order valence-electron chi connectivity index (χ0n) is 9.12. The van der Waals surface area contributed by atoms with Crippen molar-refractivity contribution in [1.82, 2.24) is 5.32 Å². The Hall–Kier alpha value is -1.57. The minimum Gasteiger partial charge on any atom is -0.348 e. The van der Waals surface area contributed by atoms with E-state index in [1.54, 1.807) is 0 Å². The zero-order chi connectivity index (χ0) is 11.1. The van der Waals surface area contributed by atoms with E-state index in [4.69, 9.17) is 0 Å². The zero-order valence-corrected chi connectivity index (χ0v) is 9.12. The first-order chi connectivity index (χ1) is 7.24. The molecule has 1 rings (SSSR count). The molecule has 1 aromatic carbocycles. The van der Waals surface area contributed by atoms with Crippen molar-refractivity contribution in [3.63, 3.8) is 0 Å². The Balaban J connectivity index is 2.38. The van der Waals surface area contributed by atoms with Gasteiger partial charge in [-0.3, -0.25) is 4.79 Å². The van der Waals surface area contributed by atoms with Crippen molar-refractivity contribution in [2.24, 2.45) is 0 Å². The smallest absolute Gasteiger partial charge is 0.246 e. The van der Waals surface area contributed by atoms with E-state index in [2.05, 4.69) is 11.9 Å². The first-order valence-corrected chi connectivity index (χ1v) is 5.24. The molecule has 1 aromatic rings. The van der Waals surface area contributed by atoms with Gasteiger partial charge in [-0.2, -0.15) is 0 Å². The van der Waals surface area contributed by atoms with E-state index in [0.717, 1.165) is 18.4 Å². The Morgan fingerprint density at radius 3 is 2.60 bits per heavy atom. The molecule has 1 N–H and O–H groups in total. The van der Waals surface area contributed by atoms with Crippen LogP contribution >= 0.6 is 0 Å². The molecular weight excluding hydrogens is 186 g/mol. The quantitative estimate of drug-likeness (QED) is 0.732. The molecule has 0 saturated carbocycles. The highest BCUT2D eigenvalue weighted by molar-refractivity contribution is 5.92. The molecule has 15 heavy (non-hydrogen) atoms. The molecular formula is C13H17NO. The van der Waals surface area contributed by atoms with Crippen molar-refractivity contribution in [3.8, 4) is 0 Å². The van der Waals surface area contributed by atoms with Crippen LogP contribution in [0.15, 0.2) is 42.5 Å². The molecule has 80 valence electrons. The fraction of sp³-hybridized carbons (Fsp3) is 0.308. The second-order valence-electron chi connectivity index (χ2n) is 3.52.